The minimum absolute atomic E-state index is 0.0263. The van der Waals surface area contributed by atoms with Gasteiger partial charge in [0.05, 0.1) is 55.4 Å². The van der Waals surface area contributed by atoms with Crippen LogP contribution in [0.5, 0.6) is 0 Å². The summed E-state index contributed by atoms with van der Waals surface area (Å²) in [5.41, 5.74) is 0.213. The Morgan fingerprint density at radius 2 is 1.73 bits per heavy atom. The second-order valence-corrected chi connectivity index (χ2v) is 18.9. The fourth-order valence-corrected chi connectivity index (χ4v) is 10.6. The molecule has 6 saturated heterocycles. The van der Waals surface area contributed by atoms with E-state index in [9.17, 15) is 25.5 Å². The minimum atomic E-state index is -1.31. The Bertz CT molecular complexity index is 1430. The molecule has 0 amide bonds. The molecule has 0 bridgehead atoms. The molecule has 8 unspecified atom stereocenters. The molecule has 0 aromatic rings. The van der Waals surface area contributed by atoms with Gasteiger partial charge in [0.15, 0.2) is 11.6 Å². The summed E-state index contributed by atoms with van der Waals surface area (Å²) in [6, 6.07) is 0. The highest BCUT2D eigenvalue weighted by molar-refractivity contribution is 5.20. The quantitative estimate of drug-likeness (QED) is 0.186. The first-order valence-electron chi connectivity index (χ1n) is 21.7. The lowest BCUT2D eigenvalue weighted by atomic mass is 9.79. The maximum absolute atomic E-state index is 11.5. The molecule has 12 nitrogen and oxygen atoms in total. The number of fused-ring (bicyclic) bond motifs is 1. The number of hydrogen-bond acceptors (Lipinski definition) is 12. The Balaban J connectivity index is 0.919. The van der Waals surface area contributed by atoms with Crippen molar-refractivity contribution in [1.29, 1.82) is 0 Å². The fourth-order valence-electron chi connectivity index (χ4n) is 10.6. The van der Waals surface area contributed by atoms with Crippen LogP contribution in [0.15, 0.2) is 36.0 Å². The molecule has 17 atom stereocenters. The van der Waals surface area contributed by atoms with Crippen molar-refractivity contribution in [1.82, 2.24) is 0 Å². The van der Waals surface area contributed by atoms with Gasteiger partial charge in [-0.3, -0.25) is 0 Å². The second-order valence-electron chi connectivity index (χ2n) is 18.9. The van der Waals surface area contributed by atoms with Crippen molar-refractivity contribution in [3.63, 3.8) is 0 Å². The van der Waals surface area contributed by atoms with Crippen LogP contribution in [-0.4, -0.2) is 123 Å². The van der Waals surface area contributed by atoms with Gasteiger partial charge in [-0.05, 0) is 95.1 Å². The summed E-state index contributed by atoms with van der Waals surface area (Å²) in [5, 5.41) is 54.3. The minimum Gasteiger partial charge on any atom is -0.393 e. The van der Waals surface area contributed by atoms with Gasteiger partial charge in [0.25, 0.3) is 0 Å². The average molecular weight is 791 g/mol. The lowest BCUT2D eigenvalue weighted by molar-refractivity contribution is -0.321. The van der Waals surface area contributed by atoms with E-state index in [1.54, 1.807) is 6.92 Å². The summed E-state index contributed by atoms with van der Waals surface area (Å²) < 4.78 is 45.4. The fraction of sp³-hybridized carbons (Fsp3) is 0.864. The number of hydrogen-bond donors (Lipinski definition) is 5. The van der Waals surface area contributed by atoms with E-state index in [2.05, 4.69) is 39.5 Å². The van der Waals surface area contributed by atoms with E-state index in [0.717, 1.165) is 50.7 Å². The normalized spacial score (nSPS) is 46.1. The van der Waals surface area contributed by atoms with Crippen LogP contribution in [0, 0.1) is 17.8 Å². The van der Waals surface area contributed by atoms with E-state index in [0.29, 0.717) is 56.4 Å². The summed E-state index contributed by atoms with van der Waals surface area (Å²) in [6.45, 7) is 14.6. The van der Waals surface area contributed by atoms with E-state index >= 15 is 0 Å². The van der Waals surface area contributed by atoms with Crippen molar-refractivity contribution in [2.45, 2.75) is 209 Å². The average Bonchev–Trinajstić information content (AvgIpc) is 3.56. The monoisotopic (exact) mass is 790 g/mol. The standard InChI is InChI=1S/C44H70O12/c1-26-21-35(54-44(23-26)36(47)12-11-32(53-44)24-41(6,49)25-45)27(2)9-10-31-14-18-43(52-31)19-15-34-40(56-43)37(48)30(5)39(51-34)33(46)22-29(4)38-28(3)13-17-42(55-38)16-7-8-20-50-42/h9-10,23,27-29,31-40,45-49H,5,7-8,11-22,24-25H2,1-4,6H3/b10-9+/t27?,28?,29?,31-,32-,33?,34+,35-,36?,37?,38-,39-,40+,41+,42?,43+,44?/m0/s1. The van der Waals surface area contributed by atoms with E-state index < -0.39 is 59.6 Å². The van der Waals surface area contributed by atoms with Gasteiger partial charge >= 0.3 is 0 Å². The molecule has 6 fully saturated rings. The van der Waals surface area contributed by atoms with E-state index in [4.69, 9.17) is 33.2 Å². The van der Waals surface area contributed by atoms with Gasteiger partial charge in [-0.15, -0.1) is 0 Å². The highest BCUT2D eigenvalue weighted by atomic mass is 16.7. The molecule has 7 rings (SSSR count). The Hall–Kier alpha value is -1.26. The Labute approximate surface area is 333 Å². The van der Waals surface area contributed by atoms with E-state index in [1.165, 1.54) is 0 Å². The third-order valence-corrected chi connectivity index (χ3v) is 13.9. The third-order valence-electron chi connectivity index (χ3n) is 13.9. The molecule has 0 aliphatic carbocycles. The van der Waals surface area contributed by atoms with E-state index in [-0.39, 0.29) is 49.3 Å². The molecule has 0 aromatic carbocycles. The van der Waals surface area contributed by atoms with Gasteiger partial charge < -0.3 is 58.7 Å². The Morgan fingerprint density at radius 1 is 0.964 bits per heavy atom. The van der Waals surface area contributed by atoms with Gasteiger partial charge in [0, 0.05) is 38.0 Å². The second kappa shape index (κ2) is 17.0. The van der Waals surface area contributed by atoms with Gasteiger partial charge in [-0.25, -0.2) is 0 Å². The molecule has 3 spiro atoms. The number of aliphatic hydroxyl groups excluding tert-OH is 4. The zero-order valence-electron chi connectivity index (χ0n) is 34.4. The van der Waals surface area contributed by atoms with Gasteiger partial charge in [0.1, 0.15) is 24.4 Å². The summed E-state index contributed by atoms with van der Waals surface area (Å²) in [4.78, 5) is 0. The van der Waals surface area contributed by atoms with Gasteiger partial charge in [0.2, 0.25) is 5.79 Å². The van der Waals surface area contributed by atoms with Crippen LogP contribution in [-0.2, 0) is 33.2 Å². The first-order valence-corrected chi connectivity index (χ1v) is 21.7. The Kier molecular flexibility index (Phi) is 13.0. The summed E-state index contributed by atoms with van der Waals surface area (Å²) in [7, 11) is 0. The van der Waals surface area contributed by atoms with Gasteiger partial charge in [-0.1, -0.05) is 45.1 Å². The smallest absolute Gasteiger partial charge is 0.215 e. The number of rotatable bonds is 10. The molecular weight excluding hydrogens is 720 g/mol. The first-order chi connectivity index (χ1) is 26.5. The molecule has 7 aliphatic heterocycles. The number of ether oxygens (including phenoxy) is 7. The van der Waals surface area contributed by atoms with Crippen molar-refractivity contribution >= 4 is 0 Å². The Morgan fingerprint density at radius 3 is 2.48 bits per heavy atom. The molecule has 5 N–H and O–H groups in total. The SMILES string of the molecule is C=C1C(O)[C@@H]2O[C@]3(CC[C@H](/C=C/C(C)[C@@H]4CC(C)=CC5(O[C@H](C[C@@](C)(O)CO)CCC5O)O4)O3)CC[C@H]2O[C@@H]1C(O)CC(C)[C@H]1OC2(CCCCO2)CCC1C. The lowest BCUT2D eigenvalue weighted by Gasteiger charge is -2.50. The number of aliphatic hydroxyl groups is 5. The molecule has 12 heteroatoms. The highest BCUT2D eigenvalue weighted by Crippen LogP contribution is 2.47. The molecule has 7 heterocycles. The molecule has 0 aromatic heterocycles. The summed E-state index contributed by atoms with van der Waals surface area (Å²) >= 11 is 0. The van der Waals surface area contributed by atoms with Crippen LogP contribution in [0.25, 0.3) is 0 Å². The molecule has 0 radical (unpaired) electrons. The van der Waals surface area contributed by atoms with Crippen molar-refractivity contribution in [2.75, 3.05) is 13.2 Å². The van der Waals surface area contributed by atoms with Crippen LogP contribution in [0.1, 0.15) is 125 Å². The van der Waals surface area contributed by atoms with Crippen molar-refractivity contribution in [3.05, 3.63) is 36.0 Å². The van der Waals surface area contributed by atoms with E-state index in [1.807, 2.05) is 13.0 Å². The van der Waals surface area contributed by atoms with Crippen LogP contribution < -0.4 is 0 Å². The predicted octanol–water partition coefficient (Wildman–Crippen LogP) is 5.12. The van der Waals surface area contributed by atoms with Crippen LogP contribution in [0.3, 0.4) is 0 Å². The molecule has 56 heavy (non-hydrogen) atoms. The molecule has 318 valence electrons. The maximum atomic E-state index is 11.5. The maximum Gasteiger partial charge on any atom is 0.215 e. The zero-order valence-corrected chi connectivity index (χ0v) is 34.4. The summed E-state index contributed by atoms with van der Waals surface area (Å²) in [5.74, 6) is -2.26. The molecule has 0 saturated carbocycles. The molecule has 7 aliphatic rings. The van der Waals surface area contributed by atoms with Crippen LogP contribution in [0.2, 0.25) is 0 Å². The zero-order chi connectivity index (χ0) is 40.0. The third kappa shape index (κ3) is 9.07. The molecular formula is C44H70O12. The predicted molar refractivity (Wildman–Crippen MR) is 207 cm³/mol. The first kappa shape index (κ1) is 42.8. The van der Waals surface area contributed by atoms with Crippen molar-refractivity contribution in [2.24, 2.45) is 17.8 Å². The lowest BCUT2D eigenvalue weighted by Crippen LogP contribution is -2.60. The largest absolute Gasteiger partial charge is 0.393 e. The highest BCUT2D eigenvalue weighted by Gasteiger charge is 2.55. The van der Waals surface area contributed by atoms with Crippen LogP contribution in [0.4, 0.5) is 0 Å². The van der Waals surface area contributed by atoms with Crippen LogP contribution >= 0.6 is 0 Å². The topological polar surface area (TPSA) is 166 Å². The van der Waals surface area contributed by atoms with Crippen molar-refractivity contribution in [3.8, 4) is 0 Å². The summed E-state index contributed by atoms with van der Waals surface area (Å²) in [6.07, 6.45) is 10.9. The van der Waals surface area contributed by atoms with Crippen molar-refractivity contribution < 1.29 is 58.7 Å². The van der Waals surface area contributed by atoms with Gasteiger partial charge in [-0.2, -0.15) is 0 Å².